The number of hydrogen-bond acceptors (Lipinski definition) is 6. The molecule has 1 heterocycles. The highest BCUT2D eigenvalue weighted by Crippen LogP contribution is 2.38. The second-order valence-electron chi connectivity index (χ2n) is 2.61. The number of aromatic nitrogens is 2. The zero-order chi connectivity index (χ0) is 11.2. The Balaban J connectivity index is 2.91. The number of halogens is 1. The molecule has 0 amide bonds. The average Bonchev–Trinajstić information content (AvgIpc) is 2.47. The molecule has 78 valence electrons. The lowest BCUT2D eigenvalue weighted by atomic mass is 10.2. The number of phenols is 1. The predicted octanol–water partition coefficient (Wildman–Crippen LogP) is 0.728. The van der Waals surface area contributed by atoms with Gasteiger partial charge in [-0.15, -0.1) is 0 Å². The van der Waals surface area contributed by atoms with Gasteiger partial charge < -0.3 is 10.3 Å². The van der Waals surface area contributed by atoms with E-state index in [1.807, 2.05) is 0 Å². The van der Waals surface area contributed by atoms with Gasteiger partial charge in [-0.25, -0.2) is 0 Å². The van der Waals surface area contributed by atoms with Crippen molar-refractivity contribution < 1.29 is 19.6 Å². The molecule has 2 aromatic rings. The fourth-order valence-electron chi connectivity index (χ4n) is 1.13. The standard InChI is InChI=1S/C6H2ClN3O5/c7-2-1-3-4(8-15-10(3)14)6(11)5(2)9(12)13/h1,11H. The lowest BCUT2D eigenvalue weighted by Gasteiger charge is -1.95. The molecule has 15 heavy (non-hydrogen) atoms. The van der Waals surface area contributed by atoms with E-state index >= 15 is 0 Å². The van der Waals surface area contributed by atoms with E-state index in [9.17, 15) is 20.4 Å². The summed E-state index contributed by atoms with van der Waals surface area (Å²) >= 11 is 5.51. The van der Waals surface area contributed by atoms with Crippen LogP contribution in [0.25, 0.3) is 11.0 Å². The molecule has 0 atom stereocenters. The Hall–Kier alpha value is -2.09. The van der Waals surface area contributed by atoms with Crippen LogP contribution in [0.5, 0.6) is 5.75 Å². The molecule has 0 bridgehead atoms. The van der Waals surface area contributed by atoms with Crippen LogP contribution in [0.3, 0.4) is 0 Å². The van der Waals surface area contributed by atoms with Crippen LogP contribution in [0.4, 0.5) is 5.69 Å². The van der Waals surface area contributed by atoms with E-state index in [-0.39, 0.29) is 21.0 Å². The van der Waals surface area contributed by atoms with Crippen LogP contribution in [0, 0.1) is 15.3 Å². The molecular formula is C6H2ClN3O5. The van der Waals surface area contributed by atoms with E-state index in [0.29, 0.717) is 0 Å². The molecule has 1 N–H and O–H groups in total. The monoisotopic (exact) mass is 231 g/mol. The average molecular weight is 232 g/mol. The molecule has 2 rings (SSSR count). The molecule has 0 spiro atoms. The quantitative estimate of drug-likeness (QED) is 0.439. The van der Waals surface area contributed by atoms with E-state index in [4.69, 9.17) is 11.6 Å². The number of nitrogens with zero attached hydrogens (tertiary/aromatic N) is 3. The van der Waals surface area contributed by atoms with Gasteiger partial charge in [0.25, 0.3) is 11.3 Å². The topological polar surface area (TPSA) is 116 Å². The van der Waals surface area contributed by atoms with Crippen molar-refractivity contribution >= 4 is 28.3 Å². The Morgan fingerprint density at radius 3 is 2.93 bits per heavy atom. The maximum Gasteiger partial charge on any atom is 0.334 e. The molecule has 0 aliphatic carbocycles. The SMILES string of the molecule is O=[N+]([O-])c1c(Cl)cc2c(no[n+]2[O-])c1O. The number of nitro benzene ring substituents is 1. The summed E-state index contributed by atoms with van der Waals surface area (Å²) in [5, 5.41) is 33.6. The molecule has 8 nitrogen and oxygen atoms in total. The van der Waals surface area contributed by atoms with Gasteiger partial charge in [-0.3, -0.25) is 14.7 Å². The molecule has 0 saturated carbocycles. The first-order valence-corrected chi connectivity index (χ1v) is 3.95. The molecule has 9 heteroatoms. The number of fused-ring (bicyclic) bond motifs is 1. The maximum absolute atomic E-state index is 10.9. The van der Waals surface area contributed by atoms with Crippen molar-refractivity contribution in [2.45, 2.75) is 0 Å². The van der Waals surface area contributed by atoms with Crippen molar-refractivity contribution in [2.75, 3.05) is 0 Å². The number of aromatic hydroxyl groups is 1. The highest BCUT2D eigenvalue weighted by molar-refractivity contribution is 6.33. The number of nitro groups is 1. The maximum atomic E-state index is 10.9. The minimum Gasteiger partial charge on any atom is -0.499 e. The second kappa shape index (κ2) is 2.95. The van der Waals surface area contributed by atoms with Crippen LogP contribution >= 0.6 is 11.6 Å². The summed E-state index contributed by atoms with van der Waals surface area (Å²) in [6.07, 6.45) is 0. The first-order chi connectivity index (χ1) is 7.02. The Morgan fingerprint density at radius 2 is 2.33 bits per heavy atom. The van der Waals surface area contributed by atoms with E-state index in [0.717, 1.165) is 6.07 Å². The first-order valence-electron chi connectivity index (χ1n) is 3.57. The van der Waals surface area contributed by atoms with Crippen molar-refractivity contribution in [3.05, 3.63) is 26.4 Å². The van der Waals surface area contributed by atoms with Crippen molar-refractivity contribution in [1.82, 2.24) is 5.16 Å². The first kappa shape index (κ1) is 9.46. The smallest absolute Gasteiger partial charge is 0.334 e. The zero-order valence-corrected chi connectivity index (χ0v) is 7.63. The Bertz CT molecular complexity index is 565. The predicted molar refractivity (Wildman–Crippen MR) is 46.3 cm³/mol. The van der Waals surface area contributed by atoms with E-state index in [1.165, 1.54) is 0 Å². The number of hydrogen-bond donors (Lipinski definition) is 1. The van der Waals surface area contributed by atoms with Crippen molar-refractivity contribution in [3.8, 4) is 5.75 Å². The summed E-state index contributed by atoms with van der Waals surface area (Å²) in [4.78, 5) is 9.63. The van der Waals surface area contributed by atoms with Gasteiger partial charge in [-0.2, -0.15) is 0 Å². The van der Waals surface area contributed by atoms with E-state index < -0.39 is 16.4 Å². The Morgan fingerprint density at radius 1 is 1.67 bits per heavy atom. The highest BCUT2D eigenvalue weighted by Gasteiger charge is 2.28. The van der Waals surface area contributed by atoms with Gasteiger partial charge in [0, 0.05) is 6.07 Å². The summed E-state index contributed by atoms with van der Waals surface area (Å²) in [6, 6.07) is 0.998. The largest absolute Gasteiger partial charge is 0.499 e. The van der Waals surface area contributed by atoms with E-state index in [2.05, 4.69) is 9.79 Å². The van der Waals surface area contributed by atoms with Crippen molar-refractivity contribution in [3.63, 3.8) is 0 Å². The summed E-state index contributed by atoms with van der Waals surface area (Å²) in [5.41, 5.74) is -1.19. The minimum atomic E-state index is -0.874. The van der Waals surface area contributed by atoms with Crippen LogP contribution in [-0.2, 0) is 0 Å². The van der Waals surface area contributed by atoms with Gasteiger partial charge in [0.05, 0.1) is 10.1 Å². The molecule has 0 fully saturated rings. The van der Waals surface area contributed by atoms with Gasteiger partial charge in [-0.1, -0.05) is 11.6 Å². The molecular weight excluding hydrogens is 230 g/mol. The zero-order valence-electron chi connectivity index (χ0n) is 6.88. The van der Waals surface area contributed by atoms with Crippen molar-refractivity contribution in [2.24, 2.45) is 0 Å². The summed E-state index contributed by atoms with van der Waals surface area (Å²) in [7, 11) is 0. The second-order valence-corrected chi connectivity index (χ2v) is 3.02. The molecule has 0 unspecified atom stereocenters. The Labute approximate surface area is 86.0 Å². The van der Waals surface area contributed by atoms with E-state index in [1.54, 1.807) is 0 Å². The highest BCUT2D eigenvalue weighted by atomic mass is 35.5. The molecule has 1 aromatic carbocycles. The third kappa shape index (κ3) is 1.22. The lowest BCUT2D eigenvalue weighted by Crippen LogP contribution is -2.22. The fourth-order valence-corrected chi connectivity index (χ4v) is 1.39. The molecule has 0 radical (unpaired) electrons. The van der Waals surface area contributed by atoms with Gasteiger partial charge in [0.2, 0.25) is 5.52 Å². The van der Waals surface area contributed by atoms with Crippen LogP contribution in [0.1, 0.15) is 0 Å². The van der Waals surface area contributed by atoms with Crippen LogP contribution in [0.2, 0.25) is 5.02 Å². The number of phenolic OH excluding ortho intramolecular Hbond substituents is 1. The normalized spacial score (nSPS) is 10.7. The number of benzene rings is 1. The summed E-state index contributed by atoms with van der Waals surface area (Å²) in [6.45, 7) is 0. The Kier molecular flexibility index (Phi) is 1.86. The molecule has 0 saturated heterocycles. The van der Waals surface area contributed by atoms with Gasteiger partial charge >= 0.3 is 5.69 Å². The van der Waals surface area contributed by atoms with Crippen LogP contribution in [-0.4, -0.2) is 15.2 Å². The minimum absolute atomic E-state index is 0.00927. The van der Waals surface area contributed by atoms with Crippen molar-refractivity contribution in [1.29, 1.82) is 0 Å². The number of rotatable bonds is 1. The van der Waals surface area contributed by atoms with Gasteiger partial charge in [0.1, 0.15) is 5.02 Å². The molecule has 0 aliphatic heterocycles. The lowest BCUT2D eigenvalue weighted by molar-refractivity contribution is -0.782. The molecule has 0 aliphatic rings. The molecule has 1 aromatic heterocycles. The fraction of sp³-hybridized carbons (Fsp3) is 0. The van der Waals surface area contributed by atoms with Gasteiger partial charge in [0.15, 0.2) is 0 Å². The summed E-state index contributed by atoms with van der Waals surface area (Å²) in [5.74, 6) is -0.791. The summed E-state index contributed by atoms with van der Waals surface area (Å²) < 4.78 is 4.16. The van der Waals surface area contributed by atoms with Gasteiger partial charge in [-0.05, 0) is 4.90 Å². The third-order valence-corrected chi connectivity index (χ3v) is 2.05. The van der Waals surface area contributed by atoms with Crippen LogP contribution in [0.15, 0.2) is 10.7 Å². The van der Waals surface area contributed by atoms with Crippen LogP contribution < -0.4 is 4.90 Å². The third-order valence-electron chi connectivity index (χ3n) is 1.77.